The van der Waals surface area contributed by atoms with Crippen molar-refractivity contribution in [3.8, 4) is 12.3 Å². The van der Waals surface area contributed by atoms with Crippen molar-refractivity contribution < 1.29 is 9.90 Å². The van der Waals surface area contributed by atoms with Gasteiger partial charge in [-0.3, -0.25) is 10.1 Å². The molecule has 0 radical (unpaired) electrons. The van der Waals surface area contributed by atoms with Gasteiger partial charge in [0.1, 0.15) is 5.54 Å². The summed E-state index contributed by atoms with van der Waals surface area (Å²) in [5, 5.41) is 12.5. The van der Waals surface area contributed by atoms with Crippen LogP contribution in [-0.4, -0.2) is 47.7 Å². The lowest BCUT2D eigenvalue weighted by molar-refractivity contribution is -0.147. The maximum Gasteiger partial charge on any atom is 0.324 e. The van der Waals surface area contributed by atoms with Crippen molar-refractivity contribution in [1.29, 1.82) is 0 Å². The maximum atomic E-state index is 11.5. The van der Waals surface area contributed by atoms with Crippen LogP contribution in [0.25, 0.3) is 0 Å². The minimum Gasteiger partial charge on any atom is -0.480 e. The molecule has 0 bridgehead atoms. The average molecular weight is 286 g/mol. The number of piperidine rings is 1. The van der Waals surface area contributed by atoms with Gasteiger partial charge < -0.3 is 10.0 Å². The van der Waals surface area contributed by atoms with Gasteiger partial charge in [-0.15, -0.1) is 6.42 Å². The van der Waals surface area contributed by atoms with E-state index in [1.807, 2.05) is 18.2 Å². The third kappa shape index (κ3) is 4.07. The van der Waals surface area contributed by atoms with Gasteiger partial charge in [0.2, 0.25) is 0 Å². The highest BCUT2D eigenvalue weighted by molar-refractivity contribution is 5.79. The number of benzene rings is 1. The topological polar surface area (TPSA) is 52.6 Å². The van der Waals surface area contributed by atoms with Crippen molar-refractivity contribution in [2.45, 2.75) is 24.8 Å². The molecule has 2 N–H and O–H groups in total. The number of terminal acetylenes is 1. The zero-order valence-corrected chi connectivity index (χ0v) is 12.2. The molecule has 1 aliphatic rings. The predicted molar refractivity (Wildman–Crippen MR) is 83.0 cm³/mol. The molecule has 112 valence electrons. The summed E-state index contributed by atoms with van der Waals surface area (Å²) in [6, 6.07) is 10.4. The number of hydrogen-bond donors (Lipinski definition) is 2. The first-order valence-electron chi connectivity index (χ1n) is 7.34. The van der Waals surface area contributed by atoms with E-state index < -0.39 is 11.5 Å². The summed E-state index contributed by atoms with van der Waals surface area (Å²) in [6.45, 7) is 2.85. The molecule has 1 aromatic rings. The van der Waals surface area contributed by atoms with Gasteiger partial charge in [0.25, 0.3) is 0 Å². The fourth-order valence-electron chi connectivity index (χ4n) is 2.78. The smallest absolute Gasteiger partial charge is 0.324 e. The second-order valence-corrected chi connectivity index (χ2v) is 5.52. The molecule has 2 rings (SSSR count). The molecule has 0 atom stereocenters. The largest absolute Gasteiger partial charge is 0.480 e. The Balaban J connectivity index is 1.84. The van der Waals surface area contributed by atoms with Crippen molar-refractivity contribution in [2.24, 2.45) is 0 Å². The van der Waals surface area contributed by atoms with Crippen molar-refractivity contribution in [3.63, 3.8) is 0 Å². The number of hydrogen-bond acceptors (Lipinski definition) is 3. The Hall–Kier alpha value is -1.83. The lowest BCUT2D eigenvalue weighted by Crippen LogP contribution is -2.58. The second-order valence-electron chi connectivity index (χ2n) is 5.52. The van der Waals surface area contributed by atoms with Gasteiger partial charge in [-0.05, 0) is 24.8 Å². The summed E-state index contributed by atoms with van der Waals surface area (Å²) in [5.74, 6) is 1.67. The summed E-state index contributed by atoms with van der Waals surface area (Å²) in [6.07, 6.45) is 7.42. The Morgan fingerprint density at radius 3 is 2.57 bits per heavy atom. The Morgan fingerprint density at radius 2 is 2.00 bits per heavy atom. The summed E-state index contributed by atoms with van der Waals surface area (Å²) in [5.41, 5.74) is 0.466. The average Bonchev–Trinajstić information content (AvgIpc) is 2.53. The monoisotopic (exact) mass is 286 g/mol. The number of rotatable bonds is 6. The first-order chi connectivity index (χ1) is 10.2. The molecule has 1 fully saturated rings. The van der Waals surface area contributed by atoms with Gasteiger partial charge >= 0.3 is 5.97 Å². The lowest BCUT2D eigenvalue weighted by Gasteiger charge is -2.39. The number of carboxylic acids is 1. The van der Waals surface area contributed by atoms with Gasteiger partial charge in [-0.2, -0.15) is 0 Å². The number of aliphatic carboxylic acids is 1. The van der Waals surface area contributed by atoms with E-state index in [0.717, 1.165) is 26.1 Å². The molecule has 4 nitrogen and oxygen atoms in total. The SMILES string of the molecule is C#CCNC1(C(=O)O)CCN(CCc2ccccc2)CC1. The summed E-state index contributed by atoms with van der Waals surface area (Å²) in [7, 11) is 0. The van der Waals surface area contributed by atoms with Crippen molar-refractivity contribution in [1.82, 2.24) is 10.2 Å². The fraction of sp³-hybridized carbons (Fsp3) is 0.471. The summed E-state index contributed by atoms with van der Waals surface area (Å²) < 4.78 is 0. The zero-order valence-electron chi connectivity index (χ0n) is 12.2. The first kappa shape index (κ1) is 15.6. The molecule has 0 spiro atoms. The third-order valence-corrected chi connectivity index (χ3v) is 4.21. The van der Waals surface area contributed by atoms with Crippen LogP contribution in [0, 0.1) is 12.3 Å². The summed E-state index contributed by atoms with van der Waals surface area (Å²) in [4.78, 5) is 13.8. The fourth-order valence-corrected chi connectivity index (χ4v) is 2.78. The van der Waals surface area contributed by atoms with Gasteiger partial charge in [-0.25, -0.2) is 0 Å². The molecular formula is C17H22N2O2. The Labute approximate surface area is 126 Å². The van der Waals surface area contributed by atoms with Gasteiger partial charge in [0.05, 0.1) is 6.54 Å². The molecule has 0 aromatic heterocycles. The van der Waals surface area contributed by atoms with E-state index in [2.05, 4.69) is 28.3 Å². The molecule has 4 heteroatoms. The van der Waals surface area contributed by atoms with Crippen LogP contribution in [0.15, 0.2) is 30.3 Å². The molecule has 0 aliphatic carbocycles. The molecule has 0 unspecified atom stereocenters. The molecule has 21 heavy (non-hydrogen) atoms. The van der Waals surface area contributed by atoms with E-state index in [-0.39, 0.29) is 0 Å². The number of carboxylic acid groups (broad SMARTS) is 1. The standard InChI is InChI=1S/C17H22N2O2/c1-2-11-18-17(16(20)21)9-13-19(14-10-17)12-8-15-6-4-3-5-7-15/h1,3-7,18H,8-14H2,(H,20,21). The van der Waals surface area contributed by atoms with E-state index in [4.69, 9.17) is 6.42 Å². The van der Waals surface area contributed by atoms with Crippen LogP contribution in [0.4, 0.5) is 0 Å². The highest BCUT2D eigenvalue weighted by Crippen LogP contribution is 2.22. The third-order valence-electron chi connectivity index (χ3n) is 4.21. The molecule has 1 aliphatic heterocycles. The molecular weight excluding hydrogens is 264 g/mol. The van der Waals surface area contributed by atoms with Crippen LogP contribution in [0.1, 0.15) is 18.4 Å². The van der Waals surface area contributed by atoms with Gasteiger partial charge in [0, 0.05) is 19.6 Å². The van der Waals surface area contributed by atoms with Crippen LogP contribution in [0.3, 0.4) is 0 Å². The Kier molecular flexibility index (Phi) is 5.38. The Bertz CT molecular complexity index is 499. The number of nitrogens with one attached hydrogen (secondary N) is 1. The summed E-state index contributed by atoms with van der Waals surface area (Å²) >= 11 is 0. The molecule has 0 amide bonds. The van der Waals surface area contributed by atoms with Gasteiger partial charge in [0.15, 0.2) is 0 Å². The number of likely N-dealkylation sites (tertiary alicyclic amines) is 1. The minimum absolute atomic E-state index is 0.302. The van der Waals surface area contributed by atoms with E-state index in [1.165, 1.54) is 5.56 Å². The molecule has 1 saturated heterocycles. The van der Waals surface area contributed by atoms with Crippen LogP contribution in [-0.2, 0) is 11.2 Å². The van der Waals surface area contributed by atoms with E-state index in [9.17, 15) is 9.90 Å². The number of carbonyl (C=O) groups is 1. The van der Waals surface area contributed by atoms with Crippen molar-refractivity contribution in [2.75, 3.05) is 26.2 Å². The molecule has 1 heterocycles. The maximum absolute atomic E-state index is 11.5. The zero-order chi connectivity index (χ0) is 15.1. The van der Waals surface area contributed by atoms with Crippen LogP contribution in [0.5, 0.6) is 0 Å². The quantitative estimate of drug-likeness (QED) is 0.776. The first-order valence-corrected chi connectivity index (χ1v) is 7.34. The molecule has 0 saturated carbocycles. The predicted octanol–water partition coefficient (Wildman–Crippen LogP) is 1.37. The minimum atomic E-state index is -0.852. The van der Waals surface area contributed by atoms with E-state index in [0.29, 0.717) is 19.4 Å². The van der Waals surface area contributed by atoms with Crippen molar-refractivity contribution in [3.05, 3.63) is 35.9 Å². The van der Waals surface area contributed by atoms with E-state index in [1.54, 1.807) is 0 Å². The van der Waals surface area contributed by atoms with Crippen LogP contribution >= 0.6 is 0 Å². The highest BCUT2D eigenvalue weighted by Gasteiger charge is 2.40. The van der Waals surface area contributed by atoms with Crippen molar-refractivity contribution >= 4 is 5.97 Å². The van der Waals surface area contributed by atoms with Crippen LogP contribution in [0.2, 0.25) is 0 Å². The van der Waals surface area contributed by atoms with Crippen LogP contribution < -0.4 is 5.32 Å². The Morgan fingerprint density at radius 1 is 1.33 bits per heavy atom. The highest BCUT2D eigenvalue weighted by atomic mass is 16.4. The lowest BCUT2D eigenvalue weighted by atomic mass is 9.87. The number of nitrogens with zero attached hydrogens (tertiary/aromatic N) is 1. The molecule has 1 aromatic carbocycles. The van der Waals surface area contributed by atoms with E-state index >= 15 is 0 Å². The second kappa shape index (κ2) is 7.26. The normalized spacial score (nSPS) is 18.0. The van der Waals surface area contributed by atoms with Gasteiger partial charge in [-0.1, -0.05) is 36.3 Å².